The molecule has 0 aromatic heterocycles. The van der Waals surface area contributed by atoms with Crippen molar-refractivity contribution in [1.82, 2.24) is 15.5 Å². The Morgan fingerprint density at radius 1 is 1.44 bits per heavy atom. The van der Waals surface area contributed by atoms with Crippen LogP contribution in [0.1, 0.15) is 30.6 Å². The van der Waals surface area contributed by atoms with Crippen LogP contribution in [0.3, 0.4) is 0 Å². The lowest BCUT2D eigenvalue weighted by molar-refractivity contribution is -0.148. The normalized spacial score (nSPS) is 16.7. The van der Waals surface area contributed by atoms with Crippen LogP contribution in [0.5, 0.6) is 0 Å². The number of nitrogens with one attached hydrogen (secondary N) is 2. The molecule has 1 aliphatic heterocycles. The van der Waals surface area contributed by atoms with Gasteiger partial charge in [0, 0.05) is 22.2 Å². The number of amides is 2. The Balaban J connectivity index is 2.03. The van der Waals surface area contributed by atoms with Crippen molar-refractivity contribution in [3.05, 3.63) is 33.4 Å². The number of carbonyl (C=O) groups excluding carboxylic acids is 3. The quantitative estimate of drug-likeness (QED) is 0.362. The molecule has 1 atom stereocenters. The van der Waals surface area contributed by atoms with Crippen molar-refractivity contribution >= 4 is 57.7 Å². The van der Waals surface area contributed by atoms with E-state index in [0.29, 0.717) is 25.3 Å². The van der Waals surface area contributed by atoms with Gasteiger partial charge in [-0.05, 0) is 58.9 Å². The predicted molar refractivity (Wildman–Crippen MR) is 113 cm³/mol. The van der Waals surface area contributed by atoms with Crippen LogP contribution in [-0.4, -0.2) is 53.5 Å². The summed E-state index contributed by atoms with van der Waals surface area (Å²) >= 11 is 7.45. The second kappa shape index (κ2) is 9.98. The summed E-state index contributed by atoms with van der Waals surface area (Å²) in [4.78, 5) is 38.3. The summed E-state index contributed by atoms with van der Waals surface area (Å²) in [7, 11) is 0. The minimum absolute atomic E-state index is 0.121. The molecule has 2 rings (SSSR count). The van der Waals surface area contributed by atoms with Gasteiger partial charge in [-0.25, -0.2) is 0 Å². The minimum Gasteiger partial charge on any atom is -0.465 e. The van der Waals surface area contributed by atoms with E-state index in [-0.39, 0.29) is 29.3 Å². The van der Waals surface area contributed by atoms with E-state index >= 15 is 0 Å². The fourth-order valence-corrected chi connectivity index (χ4v) is 3.36. The highest BCUT2D eigenvalue weighted by atomic mass is 127. The monoisotopic (exact) mass is 503 g/mol. The number of hydrogen-bond donors (Lipinski definition) is 2. The molecular weight excluding hydrogens is 481 g/mol. The molecule has 1 heterocycles. The second-order valence-corrected chi connectivity index (χ2v) is 8.18. The Morgan fingerprint density at radius 2 is 2.19 bits per heavy atom. The highest BCUT2D eigenvalue weighted by molar-refractivity contribution is 14.1. The average Bonchev–Trinajstić information content (AvgIpc) is 2.61. The highest BCUT2D eigenvalue weighted by Gasteiger charge is 2.34. The van der Waals surface area contributed by atoms with E-state index in [2.05, 4.69) is 33.2 Å². The van der Waals surface area contributed by atoms with Gasteiger partial charge < -0.3 is 15.0 Å². The number of hydrogen-bond acceptors (Lipinski definition) is 5. The number of esters is 1. The van der Waals surface area contributed by atoms with Crippen LogP contribution in [0.15, 0.2) is 24.3 Å². The first-order chi connectivity index (χ1) is 12.8. The van der Waals surface area contributed by atoms with E-state index in [0.717, 1.165) is 3.57 Å². The largest absolute Gasteiger partial charge is 0.465 e. The second-order valence-electron chi connectivity index (χ2n) is 6.55. The van der Waals surface area contributed by atoms with Crippen LogP contribution in [0.25, 0.3) is 0 Å². The topological polar surface area (TPSA) is 87.7 Å². The van der Waals surface area contributed by atoms with Gasteiger partial charge in [-0.15, -0.1) is 0 Å². The molecule has 0 aliphatic carbocycles. The van der Waals surface area contributed by atoms with E-state index in [9.17, 15) is 14.4 Å². The molecule has 1 aromatic carbocycles. The zero-order valence-corrected chi connectivity index (χ0v) is 18.1. The van der Waals surface area contributed by atoms with Gasteiger partial charge in [0.05, 0.1) is 13.0 Å². The molecule has 27 heavy (non-hydrogen) atoms. The summed E-state index contributed by atoms with van der Waals surface area (Å²) in [5, 5.41) is 5.49. The first kappa shape index (κ1) is 21.5. The van der Waals surface area contributed by atoms with E-state index in [4.69, 9.17) is 17.0 Å². The number of ether oxygens (including phenoxy) is 1. The van der Waals surface area contributed by atoms with Crippen molar-refractivity contribution in [2.45, 2.75) is 26.3 Å². The number of carbonyl (C=O) groups is 3. The SMILES string of the molecule is CC(C)COC(=O)CC1C(=O)NCCN1C(=S)NC(=O)c1cccc(I)c1. The molecule has 1 unspecified atom stereocenters. The van der Waals surface area contributed by atoms with Crippen LogP contribution >= 0.6 is 34.8 Å². The molecule has 2 amide bonds. The maximum Gasteiger partial charge on any atom is 0.308 e. The molecule has 9 heteroatoms. The van der Waals surface area contributed by atoms with Gasteiger partial charge in [0.25, 0.3) is 5.91 Å². The molecular formula is C18H22IN3O4S. The van der Waals surface area contributed by atoms with Crippen molar-refractivity contribution in [3.63, 3.8) is 0 Å². The van der Waals surface area contributed by atoms with E-state index in [1.807, 2.05) is 19.9 Å². The summed E-state index contributed by atoms with van der Waals surface area (Å²) < 4.78 is 6.09. The smallest absolute Gasteiger partial charge is 0.308 e. The summed E-state index contributed by atoms with van der Waals surface area (Å²) in [6.45, 7) is 4.94. The fourth-order valence-electron chi connectivity index (χ4n) is 2.51. The summed E-state index contributed by atoms with van der Waals surface area (Å²) in [6.07, 6.45) is -0.127. The number of piperazine rings is 1. The van der Waals surface area contributed by atoms with Gasteiger partial charge in [-0.1, -0.05) is 19.9 Å². The van der Waals surface area contributed by atoms with E-state index < -0.39 is 12.0 Å². The molecule has 2 N–H and O–H groups in total. The molecule has 1 fully saturated rings. The van der Waals surface area contributed by atoms with Crippen LogP contribution in [0.2, 0.25) is 0 Å². The third-order valence-electron chi connectivity index (χ3n) is 3.84. The summed E-state index contributed by atoms with van der Waals surface area (Å²) in [6, 6.07) is 6.28. The zero-order chi connectivity index (χ0) is 20.0. The van der Waals surface area contributed by atoms with Gasteiger partial charge in [0.2, 0.25) is 5.91 Å². The first-order valence-electron chi connectivity index (χ1n) is 8.58. The number of nitrogens with zero attached hydrogens (tertiary/aromatic N) is 1. The van der Waals surface area contributed by atoms with Gasteiger partial charge in [0.1, 0.15) is 6.04 Å². The third-order valence-corrected chi connectivity index (χ3v) is 4.84. The molecule has 7 nitrogen and oxygen atoms in total. The molecule has 146 valence electrons. The van der Waals surface area contributed by atoms with Gasteiger partial charge in [-0.3, -0.25) is 19.7 Å². The Bertz CT molecular complexity index is 741. The number of halogens is 1. The third kappa shape index (κ3) is 6.42. The maximum atomic E-state index is 12.4. The van der Waals surface area contributed by atoms with Gasteiger partial charge in [0.15, 0.2) is 5.11 Å². The number of thiocarbonyl (C=S) groups is 1. The Labute approximate surface area is 177 Å². The van der Waals surface area contributed by atoms with Crippen molar-refractivity contribution in [2.24, 2.45) is 5.92 Å². The molecule has 0 saturated carbocycles. The molecule has 0 bridgehead atoms. The first-order valence-corrected chi connectivity index (χ1v) is 10.1. The standard InChI is InChI=1S/C18H22IN3O4S/c1-11(2)10-26-15(23)9-14-17(25)20-6-7-22(14)18(27)21-16(24)12-4-3-5-13(19)8-12/h3-5,8,11,14H,6-7,9-10H2,1-2H3,(H,20,25)(H,21,24,27). The van der Waals surface area contributed by atoms with Gasteiger partial charge in [-0.2, -0.15) is 0 Å². The van der Waals surface area contributed by atoms with Crippen molar-refractivity contribution < 1.29 is 19.1 Å². The molecule has 1 aromatic rings. The molecule has 0 spiro atoms. The lowest BCUT2D eigenvalue weighted by atomic mass is 10.1. The Kier molecular flexibility index (Phi) is 7.96. The lowest BCUT2D eigenvalue weighted by Gasteiger charge is -2.36. The number of rotatable bonds is 5. The fraction of sp³-hybridized carbons (Fsp3) is 0.444. The van der Waals surface area contributed by atoms with Crippen LogP contribution < -0.4 is 10.6 Å². The summed E-state index contributed by atoms with van der Waals surface area (Å²) in [5.41, 5.74) is 0.471. The van der Waals surface area contributed by atoms with Crippen LogP contribution in [0.4, 0.5) is 0 Å². The van der Waals surface area contributed by atoms with E-state index in [1.54, 1.807) is 23.1 Å². The van der Waals surface area contributed by atoms with Gasteiger partial charge >= 0.3 is 5.97 Å². The molecule has 1 saturated heterocycles. The van der Waals surface area contributed by atoms with Crippen LogP contribution in [0, 0.1) is 9.49 Å². The highest BCUT2D eigenvalue weighted by Crippen LogP contribution is 2.12. The molecule has 0 radical (unpaired) electrons. The zero-order valence-electron chi connectivity index (χ0n) is 15.2. The van der Waals surface area contributed by atoms with Crippen molar-refractivity contribution in [1.29, 1.82) is 0 Å². The average molecular weight is 503 g/mol. The van der Waals surface area contributed by atoms with Crippen LogP contribution in [-0.2, 0) is 14.3 Å². The van der Waals surface area contributed by atoms with E-state index in [1.165, 1.54) is 0 Å². The van der Waals surface area contributed by atoms with Crippen molar-refractivity contribution in [2.75, 3.05) is 19.7 Å². The lowest BCUT2D eigenvalue weighted by Crippen LogP contribution is -2.60. The Morgan fingerprint density at radius 3 is 2.85 bits per heavy atom. The maximum absolute atomic E-state index is 12.4. The molecule has 1 aliphatic rings. The van der Waals surface area contributed by atoms with Crippen molar-refractivity contribution in [3.8, 4) is 0 Å². The summed E-state index contributed by atoms with van der Waals surface area (Å²) in [5.74, 6) is -0.930. The minimum atomic E-state index is -0.804. The predicted octanol–water partition coefficient (Wildman–Crippen LogP) is 1.70. The number of benzene rings is 1. The Hall–Kier alpha value is -1.75.